The zero-order chi connectivity index (χ0) is 17.5. The van der Waals surface area contributed by atoms with E-state index >= 15 is 0 Å². The number of ether oxygens (including phenoxy) is 4. The van der Waals surface area contributed by atoms with Gasteiger partial charge in [0.1, 0.15) is 33.0 Å². The highest BCUT2D eigenvalue weighted by atomic mass is 16.6. The summed E-state index contributed by atoms with van der Waals surface area (Å²) < 4.78 is 18.8. The highest BCUT2D eigenvalue weighted by molar-refractivity contribution is 5.77. The Kier molecular flexibility index (Phi) is 12.1. The van der Waals surface area contributed by atoms with E-state index in [9.17, 15) is 19.2 Å². The van der Waals surface area contributed by atoms with Crippen LogP contribution in [-0.4, -0.2) is 86.8 Å². The van der Waals surface area contributed by atoms with Gasteiger partial charge in [-0.2, -0.15) is 0 Å². The summed E-state index contributed by atoms with van der Waals surface area (Å²) in [6, 6.07) is 0. The second-order valence-electron chi connectivity index (χ2n) is 3.96. The molecule has 11 nitrogen and oxygen atoms in total. The third-order valence-electron chi connectivity index (χ3n) is 1.96. The van der Waals surface area contributed by atoms with E-state index in [1.807, 2.05) is 0 Å². The predicted molar refractivity (Wildman–Crippen MR) is 71.7 cm³/mol. The van der Waals surface area contributed by atoms with Gasteiger partial charge < -0.3 is 34.5 Å². The topological polar surface area (TPSA) is 158 Å². The van der Waals surface area contributed by atoms with Crippen LogP contribution in [0.15, 0.2) is 0 Å². The number of esters is 1. The van der Waals surface area contributed by atoms with Crippen molar-refractivity contribution >= 4 is 23.8 Å². The van der Waals surface area contributed by atoms with E-state index in [-0.39, 0.29) is 33.0 Å². The number of hydrogen-bond donors (Lipinski definition) is 3. The lowest BCUT2D eigenvalue weighted by atomic mass is 10.6. The van der Waals surface area contributed by atoms with Crippen molar-refractivity contribution in [3.63, 3.8) is 0 Å². The van der Waals surface area contributed by atoms with Crippen LogP contribution in [0.4, 0.5) is 0 Å². The molecule has 0 unspecified atom stereocenters. The SMILES string of the molecule is O=C(O)COCC(=O)NCCOCCOC(=O)COCC(=O)O. The number of rotatable bonds is 14. The first-order valence-corrected chi connectivity index (χ1v) is 6.51. The minimum Gasteiger partial charge on any atom is -0.480 e. The number of amides is 1. The highest BCUT2D eigenvalue weighted by Crippen LogP contribution is 1.84. The molecule has 0 saturated heterocycles. The predicted octanol–water partition coefficient (Wildman–Crippen LogP) is -2.14. The van der Waals surface area contributed by atoms with Crippen LogP contribution in [0, 0.1) is 0 Å². The maximum atomic E-state index is 11.1. The van der Waals surface area contributed by atoms with E-state index in [1.165, 1.54) is 0 Å². The molecule has 0 bridgehead atoms. The molecule has 11 heteroatoms. The lowest BCUT2D eigenvalue weighted by molar-refractivity contribution is -0.153. The van der Waals surface area contributed by atoms with E-state index in [4.69, 9.17) is 14.9 Å². The first-order valence-electron chi connectivity index (χ1n) is 6.51. The molecule has 0 atom stereocenters. The standard InChI is InChI=1S/C12H19NO10/c14-9(5-21-6-10(15)16)13-1-2-20-3-4-23-12(19)8-22-7-11(17)18/h1-8H2,(H,13,14)(H,15,16)(H,17,18). The van der Waals surface area contributed by atoms with Crippen LogP contribution in [0.2, 0.25) is 0 Å². The molecule has 0 heterocycles. The summed E-state index contributed by atoms with van der Waals surface area (Å²) in [6.45, 7) is -1.55. The maximum absolute atomic E-state index is 11.1. The maximum Gasteiger partial charge on any atom is 0.332 e. The third-order valence-corrected chi connectivity index (χ3v) is 1.96. The molecule has 0 aliphatic rings. The molecule has 0 fully saturated rings. The first-order chi connectivity index (χ1) is 10.9. The van der Waals surface area contributed by atoms with Crippen LogP contribution in [0.1, 0.15) is 0 Å². The van der Waals surface area contributed by atoms with Crippen LogP contribution < -0.4 is 5.32 Å². The van der Waals surface area contributed by atoms with E-state index in [0.29, 0.717) is 0 Å². The van der Waals surface area contributed by atoms with Crippen LogP contribution >= 0.6 is 0 Å². The number of carbonyl (C=O) groups is 4. The number of aliphatic carboxylic acids is 2. The van der Waals surface area contributed by atoms with Gasteiger partial charge in [0.2, 0.25) is 5.91 Å². The van der Waals surface area contributed by atoms with Gasteiger partial charge in [-0.15, -0.1) is 0 Å². The highest BCUT2D eigenvalue weighted by Gasteiger charge is 2.05. The molecular weight excluding hydrogens is 318 g/mol. The molecule has 3 N–H and O–H groups in total. The van der Waals surface area contributed by atoms with Gasteiger partial charge in [0.25, 0.3) is 0 Å². The number of hydrogen-bond acceptors (Lipinski definition) is 8. The normalized spacial score (nSPS) is 10.1. The minimum atomic E-state index is -1.18. The summed E-state index contributed by atoms with van der Waals surface area (Å²) in [5.74, 6) is -3.53. The van der Waals surface area contributed by atoms with Gasteiger partial charge in [-0.3, -0.25) is 4.79 Å². The number of carboxylic acids is 2. The minimum absolute atomic E-state index is 0.0368. The quantitative estimate of drug-likeness (QED) is 0.236. The van der Waals surface area contributed by atoms with Crippen molar-refractivity contribution in [3.05, 3.63) is 0 Å². The Hall–Kier alpha value is -2.24. The van der Waals surface area contributed by atoms with E-state index in [2.05, 4.69) is 19.5 Å². The zero-order valence-electron chi connectivity index (χ0n) is 12.3. The van der Waals surface area contributed by atoms with Gasteiger partial charge in [0.05, 0.1) is 13.2 Å². The third kappa shape index (κ3) is 16.0. The monoisotopic (exact) mass is 337 g/mol. The molecule has 23 heavy (non-hydrogen) atoms. The molecule has 132 valence electrons. The Balaban J connectivity index is 3.35. The fourth-order valence-electron chi connectivity index (χ4n) is 1.12. The van der Waals surface area contributed by atoms with E-state index in [1.54, 1.807) is 0 Å². The van der Waals surface area contributed by atoms with Crippen molar-refractivity contribution in [2.24, 2.45) is 0 Å². The Labute approximate surface area is 131 Å². The van der Waals surface area contributed by atoms with Crippen molar-refractivity contribution in [2.45, 2.75) is 0 Å². The van der Waals surface area contributed by atoms with Gasteiger partial charge in [-0.1, -0.05) is 0 Å². The lowest BCUT2D eigenvalue weighted by Crippen LogP contribution is -2.31. The molecule has 0 aromatic heterocycles. The molecule has 1 amide bonds. The summed E-state index contributed by atoms with van der Waals surface area (Å²) in [7, 11) is 0. The molecular formula is C12H19NO10. The van der Waals surface area contributed by atoms with Gasteiger partial charge >= 0.3 is 17.9 Å². The molecule has 0 spiro atoms. The van der Waals surface area contributed by atoms with Gasteiger partial charge in [0, 0.05) is 6.54 Å². The number of carboxylic acid groups (broad SMARTS) is 2. The van der Waals surface area contributed by atoms with Crippen molar-refractivity contribution in [1.82, 2.24) is 5.32 Å². The van der Waals surface area contributed by atoms with Gasteiger partial charge in [0.15, 0.2) is 0 Å². The summed E-state index contributed by atoms with van der Waals surface area (Å²) in [5.41, 5.74) is 0. The van der Waals surface area contributed by atoms with E-state index < -0.39 is 43.6 Å². The molecule has 0 aliphatic heterocycles. The Morgan fingerprint density at radius 2 is 1.35 bits per heavy atom. The number of carbonyl (C=O) groups excluding carboxylic acids is 2. The van der Waals surface area contributed by atoms with E-state index in [0.717, 1.165) is 0 Å². The Bertz CT molecular complexity index is 361. The van der Waals surface area contributed by atoms with Gasteiger partial charge in [-0.25, -0.2) is 14.4 Å². The molecule has 0 saturated carbocycles. The molecule has 0 aromatic rings. The largest absolute Gasteiger partial charge is 0.480 e. The Morgan fingerprint density at radius 3 is 1.96 bits per heavy atom. The van der Waals surface area contributed by atoms with Crippen LogP contribution in [-0.2, 0) is 38.1 Å². The average Bonchev–Trinajstić information content (AvgIpc) is 2.45. The second kappa shape index (κ2) is 13.4. The first kappa shape index (κ1) is 20.8. The van der Waals surface area contributed by atoms with Crippen molar-refractivity contribution in [3.8, 4) is 0 Å². The lowest BCUT2D eigenvalue weighted by Gasteiger charge is -2.07. The molecule has 0 aliphatic carbocycles. The van der Waals surface area contributed by atoms with Crippen LogP contribution in [0.3, 0.4) is 0 Å². The summed E-state index contributed by atoms with van der Waals surface area (Å²) in [4.78, 5) is 42.4. The van der Waals surface area contributed by atoms with Crippen molar-refractivity contribution < 1.29 is 48.3 Å². The fourth-order valence-corrected chi connectivity index (χ4v) is 1.12. The average molecular weight is 337 g/mol. The van der Waals surface area contributed by atoms with Crippen molar-refractivity contribution in [1.29, 1.82) is 0 Å². The van der Waals surface area contributed by atoms with Crippen LogP contribution in [0.25, 0.3) is 0 Å². The molecule has 0 rings (SSSR count). The summed E-state index contributed by atoms with van der Waals surface area (Å²) >= 11 is 0. The Morgan fingerprint density at radius 1 is 0.739 bits per heavy atom. The summed E-state index contributed by atoms with van der Waals surface area (Å²) in [5, 5.41) is 19.0. The molecule has 0 aromatic carbocycles. The molecule has 0 radical (unpaired) electrons. The van der Waals surface area contributed by atoms with Crippen molar-refractivity contribution in [2.75, 3.05) is 52.8 Å². The second-order valence-corrected chi connectivity index (χ2v) is 3.96. The smallest absolute Gasteiger partial charge is 0.332 e. The fraction of sp³-hybridized carbons (Fsp3) is 0.667. The zero-order valence-corrected chi connectivity index (χ0v) is 12.3. The van der Waals surface area contributed by atoms with Gasteiger partial charge in [-0.05, 0) is 0 Å². The van der Waals surface area contributed by atoms with Crippen LogP contribution in [0.5, 0.6) is 0 Å². The number of nitrogens with one attached hydrogen (secondary N) is 1. The summed E-state index contributed by atoms with van der Waals surface area (Å²) in [6.07, 6.45) is 0.